The molecule has 0 saturated carbocycles. The number of rotatable bonds is 6. The van der Waals surface area contributed by atoms with E-state index in [1.807, 2.05) is 0 Å². The van der Waals surface area contributed by atoms with Gasteiger partial charge in [0.25, 0.3) is 11.5 Å². The number of carbonyl (C=O) groups is 1. The number of pyridine rings is 1. The molecule has 0 aromatic carbocycles. The SMILES string of the molecule is O=C1/C(=C/c2c(NCCO)nc3ccccn3c2=O)SC(=S)N1Cc1ccco1. The molecule has 1 saturated heterocycles. The molecule has 148 valence electrons. The van der Waals surface area contributed by atoms with E-state index in [-0.39, 0.29) is 36.7 Å². The number of aromatic nitrogens is 2. The summed E-state index contributed by atoms with van der Waals surface area (Å²) in [6.07, 6.45) is 4.64. The number of carbonyl (C=O) groups excluding carboxylic acids is 1. The summed E-state index contributed by atoms with van der Waals surface area (Å²) < 4.78 is 7.08. The third-order valence-corrected chi connectivity index (χ3v) is 5.59. The van der Waals surface area contributed by atoms with Gasteiger partial charge in [0.2, 0.25) is 0 Å². The Hall–Kier alpha value is -2.95. The van der Waals surface area contributed by atoms with Crippen molar-refractivity contribution in [1.29, 1.82) is 0 Å². The molecule has 1 fully saturated rings. The van der Waals surface area contributed by atoms with Crippen molar-refractivity contribution in [2.75, 3.05) is 18.5 Å². The standard InChI is InChI=1S/C19H16N4O4S2/c24-8-6-20-16-13(17(25)22-7-2-1-5-15(22)21-16)10-14-18(26)23(19(28)29-14)11-12-4-3-9-27-12/h1-5,7,9-10,20,24H,6,8,11H2/b14-10-. The van der Waals surface area contributed by atoms with Gasteiger partial charge in [0.05, 0.1) is 29.9 Å². The van der Waals surface area contributed by atoms with E-state index in [9.17, 15) is 9.59 Å². The summed E-state index contributed by atoms with van der Waals surface area (Å²) in [6.45, 7) is 0.315. The summed E-state index contributed by atoms with van der Waals surface area (Å²) in [7, 11) is 0. The lowest BCUT2D eigenvalue weighted by Crippen LogP contribution is -2.27. The van der Waals surface area contributed by atoms with Gasteiger partial charge in [-0.15, -0.1) is 0 Å². The molecule has 0 spiro atoms. The van der Waals surface area contributed by atoms with Crippen molar-refractivity contribution < 1.29 is 14.3 Å². The Morgan fingerprint density at radius 3 is 2.90 bits per heavy atom. The van der Waals surface area contributed by atoms with Gasteiger partial charge in [0.15, 0.2) is 0 Å². The zero-order valence-electron chi connectivity index (χ0n) is 15.1. The first kappa shape index (κ1) is 19.4. The molecule has 0 radical (unpaired) electrons. The fourth-order valence-electron chi connectivity index (χ4n) is 2.87. The zero-order valence-corrected chi connectivity index (χ0v) is 16.7. The monoisotopic (exact) mass is 428 g/mol. The van der Waals surface area contributed by atoms with Gasteiger partial charge in [-0.3, -0.25) is 18.9 Å². The van der Waals surface area contributed by atoms with Crippen LogP contribution in [0.4, 0.5) is 5.82 Å². The lowest BCUT2D eigenvalue weighted by Gasteiger charge is -2.12. The Morgan fingerprint density at radius 1 is 1.28 bits per heavy atom. The molecule has 1 amide bonds. The summed E-state index contributed by atoms with van der Waals surface area (Å²) in [4.78, 5) is 32.1. The van der Waals surface area contributed by atoms with Crippen LogP contribution in [0.2, 0.25) is 0 Å². The fourth-order valence-corrected chi connectivity index (χ4v) is 4.10. The Kier molecular flexibility index (Phi) is 5.47. The molecule has 4 rings (SSSR count). The van der Waals surface area contributed by atoms with Crippen LogP contribution in [-0.4, -0.2) is 42.8 Å². The van der Waals surface area contributed by atoms with Crippen molar-refractivity contribution in [3.63, 3.8) is 0 Å². The second kappa shape index (κ2) is 8.19. The summed E-state index contributed by atoms with van der Waals surface area (Å²) in [5, 5.41) is 12.1. The quantitative estimate of drug-likeness (QED) is 0.455. The van der Waals surface area contributed by atoms with Crippen LogP contribution in [0, 0.1) is 0 Å². The minimum absolute atomic E-state index is 0.124. The second-order valence-electron chi connectivity index (χ2n) is 6.11. The van der Waals surface area contributed by atoms with Crippen LogP contribution in [0.3, 0.4) is 0 Å². The van der Waals surface area contributed by atoms with Gasteiger partial charge >= 0.3 is 0 Å². The van der Waals surface area contributed by atoms with Crippen molar-refractivity contribution in [3.8, 4) is 0 Å². The topological polar surface area (TPSA) is 100 Å². The molecule has 3 aromatic rings. The largest absolute Gasteiger partial charge is 0.467 e. The van der Waals surface area contributed by atoms with Gasteiger partial charge in [0, 0.05) is 12.7 Å². The van der Waals surface area contributed by atoms with Crippen LogP contribution >= 0.6 is 24.0 Å². The van der Waals surface area contributed by atoms with E-state index in [0.717, 1.165) is 11.8 Å². The minimum Gasteiger partial charge on any atom is -0.467 e. The van der Waals surface area contributed by atoms with Crippen LogP contribution in [0.15, 0.2) is 56.9 Å². The van der Waals surface area contributed by atoms with Crippen LogP contribution in [0.5, 0.6) is 0 Å². The van der Waals surface area contributed by atoms with Gasteiger partial charge in [-0.1, -0.05) is 30.0 Å². The summed E-state index contributed by atoms with van der Waals surface area (Å²) in [5.41, 5.74) is 0.355. The number of anilines is 1. The van der Waals surface area contributed by atoms with Gasteiger partial charge in [-0.25, -0.2) is 4.98 Å². The molecule has 0 atom stereocenters. The van der Waals surface area contributed by atoms with Crippen molar-refractivity contribution in [1.82, 2.24) is 14.3 Å². The van der Waals surface area contributed by atoms with E-state index >= 15 is 0 Å². The van der Waals surface area contributed by atoms with Crippen molar-refractivity contribution in [3.05, 3.63) is 69.4 Å². The number of thiocarbonyl (C=S) groups is 1. The molecule has 0 unspecified atom stereocenters. The molecule has 2 N–H and O–H groups in total. The summed E-state index contributed by atoms with van der Waals surface area (Å²) in [6, 6.07) is 8.71. The maximum atomic E-state index is 13.0. The van der Waals surface area contributed by atoms with E-state index in [0.29, 0.717) is 26.5 Å². The Labute approximate surface area is 174 Å². The van der Waals surface area contributed by atoms with E-state index in [2.05, 4.69) is 10.3 Å². The van der Waals surface area contributed by atoms with Crippen LogP contribution < -0.4 is 10.9 Å². The van der Waals surface area contributed by atoms with Crippen LogP contribution in [0.1, 0.15) is 11.3 Å². The first-order chi connectivity index (χ1) is 14.1. The normalized spacial score (nSPS) is 15.6. The third kappa shape index (κ3) is 3.82. The molecule has 1 aliphatic heterocycles. The first-order valence-corrected chi connectivity index (χ1v) is 9.95. The van der Waals surface area contributed by atoms with Crippen LogP contribution in [0.25, 0.3) is 11.7 Å². The number of hydrogen-bond acceptors (Lipinski definition) is 8. The number of nitrogens with one attached hydrogen (secondary N) is 1. The van der Waals surface area contributed by atoms with E-state index in [1.54, 1.807) is 36.5 Å². The van der Waals surface area contributed by atoms with Crippen molar-refractivity contribution in [2.45, 2.75) is 6.54 Å². The smallest absolute Gasteiger partial charge is 0.267 e. The number of furan rings is 1. The number of hydrogen-bond donors (Lipinski definition) is 2. The van der Waals surface area contributed by atoms with E-state index in [4.69, 9.17) is 21.7 Å². The van der Waals surface area contributed by atoms with Gasteiger partial charge in [0.1, 0.15) is 21.5 Å². The molecule has 8 nitrogen and oxygen atoms in total. The fraction of sp³-hybridized carbons (Fsp3) is 0.158. The number of fused-ring (bicyclic) bond motifs is 1. The van der Waals surface area contributed by atoms with Gasteiger partial charge < -0.3 is 14.8 Å². The Morgan fingerprint density at radius 2 is 2.14 bits per heavy atom. The summed E-state index contributed by atoms with van der Waals surface area (Å²) >= 11 is 6.45. The molecule has 3 aromatic heterocycles. The van der Waals surface area contributed by atoms with Gasteiger partial charge in [-0.2, -0.15) is 0 Å². The highest BCUT2D eigenvalue weighted by Gasteiger charge is 2.33. The van der Waals surface area contributed by atoms with E-state index in [1.165, 1.54) is 21.6 Å². The highest BCUT2D eigenvalue weighted by atomic mass is 32.2. The van der Waals surface area contributed by atoms with Crippen LogP contribution in [-0.2, 0) is 11.3 Å². The number of nitrogens with zero attached hydrogens (tertiary/aromatic N) is 3. The predicted molar refractivity (Wildman–Crippen MR) is 114 cm³/mol. The molecular formula is C19H16N4O4S2. The molecule has 1 aliphatic rings. The second-order valence-corrected chi connectivity index (χ2v) is 7.78. The molecule has 29 heavy (non-hydrogen) atoms. The predicted octanol–water partition coefficient (Wildman–Crippen LogP) is 2.09. The van der Waals surface area contributed by atoms with Crippen molar-refractivity contribution in [2.24, 2.45) is 0 Å². The number of aliphatic hydroxyl groups is 1. The molecule has 4 heterocycles. The Balaban J connectivity index is 1.75. The average molecular weight is 428 g/mol. The number of thioether (sulfide) groups is 1. The summed E-state index contributed by atoms with van der Waals surface area (Å²) in [5.74, 6) is 0.605. The highest BCUT2D eigenvalue weighted by Crippen LogP contribution is 2.34. The Bertz CT molecular complexity index is 1170. The minimum atomic E-state index is -0.327. The van der Waals surface area contributed by atoms with E-state index < -0.39 is 0 Å². The third-order valence-electron chi connectivity index (χ3n) is 4.22. The molecular weight excluding hydrogens is 412 g/mol. The highest BCUT2D eigenvalue weighted by molar-refractivity contribution is 8.26. The molecule has 0 aliphatic carbocycles. The molecule has 10 heteroatoms. The lowest BCUT2D eigenvalue weighted by molar-refractivity contribution is -0.122. The molecule has 0 bridgehead atoms. The lowest BCUT2D eigenvalue weighted by atomic mass is 10.2. The maximum absolute atomic E-state index is 13.0. The maximum Gasteiger partial charge on any atom is 0.267 e. The van der Waals surface area contributed by atoms with Gasteiger partial charge in [-0.05, 0) is 30.3 Å². The van der Waals surface area contributed by atoms with Crippen molar-refractivity contribution >= 4 is 51.7 Å². The number of aliphatic hydroxyl groups excluding tert-OH is 1. The zero-order chi connectivity index (χ0) is 20.4. The average Bonchev–Trinajstić information content (AvgIpc) is 3.33. The number of amides is 1. The first-order valence-electron chi connectivity index (χ1n) is 8.72.